The molecular formula is C11H12F3N5. The molecule has 3 N–H and O–H groups in total. The molecule has 0 spiro atoms. The Morgan fingerprint density at radius 3 is 2.63 bits per heavy atom. The van der Waals surface area contributed by atoms with Crippen molar-refractivity contribution in [2.45, 2.75) is 12.2 Å². The normalized spacial score (nSPS) is 13.5. The Hall–Kier alpha value is -1.93. The minimum Gasteiger partial charge on any atom is -0.275 e. The molecule has 2 rings (SSSR count). The lowest BCUT2D eigenvalue weighted by Crippen LogP contribution is -2.31. The third kappa shape index (κ3) is 2.74. The number of halogens is 3. The van der Waals surface area contributed by atoms with Crippen LogP contribution in [-0.4, -0.2) is 14.8 Å². The van der Waals surface area contributed by atoms with Crippen LogP contribution in [0.15, 0.2) is 30.7 Å². The fraction of sp³-hybridized carbons (Fsp3) is 0.273. The molecule has 0 aliphatic carbocycles. The lowest BCUT2D eigenvalue weighted by atomic mass is 10.0. The first-order chi connectivity index (χ1) is 8.93. The molecule has 0 aliphatic heterocycles. The predicted molar refractivity (Wildman–Crippen MR) is 61.6 cm³/mol. The SMILES string of the molecule is Cn1ccc(C(NN)c2cnccc2C(F)(F)F)n1. The Balaban J connectivity index is 2.50. The summed E-state index contributed by atoms with van der Waals surface area (Å²) >= 11 is 0. The Labute approximate surface area is 107 Å². The van der Waals surface area contributed by atoms with E-state index in [2.05, 4.69) is 15.5 Å². The van der Waals surface area contributed by atoms with E-state index in [9.17, 15) is 13.2 Å². The van der Waals surface area contributed by atoms with E-state index in [1.165, 1.54) is 4.68 Å². The first-order valence-electron chi connectivity index (χ1n) is 5.40. The number of alkyl halides is 3. The quantitative estimate of drug-likeness (QED) is 0.654. The maximum Gasteiger partial charge on any atom is 0.416 e. The average molecular weight is 271 g/mol. The molecule has 1 atom stereocenters. The Morgan fingerprint density at radius 1 is 1.37 bits per heavy atom. The summed E-state index contributed by atoms with van der Waals surface area (Å²) in [5.74, 6) is 5.36. The number of rotatable bonds is 3. The van der Waals surface area contributed by atoms with Crippen molar-refractivity contribution in [2.75, 3.05) is 0 Å². The van der Waals surface area contributed by atoms with Crippen molar-refractivity contribution < 1.29 is 13.2 Å². The molecule has 8 heteroatoms. The summed E-state index contributed by atoms with van der Waals surface area (Å²) in [5.41, 5.74) is 1.90. The molecular weight excluding hydrogens is 259 g/mol. The van der Waals surface area contributed by atoms with Crippen molar-refractivity contribution in [3.05, 3.63) is 47.5 Å². The van der Waals surface area contributed by atoms with Gasteiger partial charge in [-0.2, -0.15) is 18.3 Å². The van der Waals surface area contributed by atoms with Gasteiger partial charge in [0, 0.05) is 31.2 Å². The zero-order valence-corrected chi connectivity index (χ0v) is 10.0. The fourth-order valence-corrected chi connectivity index (χ4v) is 1.82. The zero-order chi connectivity index (χ0) is 14.0. The van der Waals surface area contributed by atoms with Crippen molar-refractivity contribution in [3.8, 4) is 0 Å². The highest BCUT2D eigenvalue weighted by Crippen LogP contribution is 2.35. The molecule has 0 amide bonds. The minimum absolute atomic E-state index is 0.0591. The van der Waals surface area contributed by atoms with Gasteiger partial charge in [0.15, 0.2) is 0 Å². The molecule has 19 heavy (non-hydrogen) atoms. The van der Waals surface area contributed by atoms with Gasteiger partial charge >= 0.3 is 6.18 Å². The smallest absolute Gasteiger partial charge is 0.275 e. The predicted octanol–water partition coefficient (Wildman–Crippen LogP) is 1.39. The Kier molecular flexibility index (Phi) is 3.54. The summed E-state index contributed by atoms with van der Waals surface area (Å²) in [6, 6.07) is 1.65. The van der Waals surface area contributed by atoms with Crippen molar-refractivity contribution >= 4 is 0 Å². The molecule has 5 nitrogen and oxygen atoms in total. The highest BCUT2D eigenvalue weighted by molar-refractivity contribution is 5.34. The Morgan fingerprint density at radius 2 is 2.11 bits per heavy atom. The standard InChI is InChI=1S/C11H12F3N5/c1-19-5-3-9(18-19)10(17-15)7-6-16-4-2-8(7)11(12,13)14/h2-6,10,17H,15H2,1H3. The van der Waals surface area contributed by atoms with Crippen LogP contribution in [0, 0.1) is 0 Å². The lowest BCUT2D eigenvalue weighted by molar-refractivity contribution is -0.138. The second kappa shape index (κ2) is 4.98. The van der Waals surface area contributed by atoms with Crippen LogP contribution in [-0.2, 0) is 13.2 Å². The minimum atomic E-state index is -4.47. The second-order valence-electron chi connectivity index (χ2n) is 3.97. The first-order valence-corrected chi connectivity index (χ1v) is 5.40. The maximum atomic E-state index is 12.9. The van der Waals surface area contributed by atoms with Crippen LogP contribution in [0.3, 0.4) is 0 Å². The summed E-state index contributed by atoms with van der Waals surface area (Å²) in [6.07, 6.45) is -0.605. The third-order valence-corrected chi connectivity index (χ3v) is 2.66. The number of nitrogens with one attached hydrogen (secondary N) is 1. The van der Waals surface area contributed by atoms with Gasteiger partial charge in [-0.15, -0.1) is 0 Å². The van der Waals surface area contributed by atoms with Gasteiger partial charge in [0.25, 0.3) is 0 Å². The number of hydrazine groups is 1. The summed E-state index contributed by atoms with van der Waals surface area (Å²) in [4.78, 5) is 3.73. The zero-order valence-electron chi connectivity index (χ0n) is 10.0. The molecule has 102 valence electrons. The number of hydrogen-bond donors (Lipinski definition) is 2. The topological polar surface area (TPSA) is 68.8 Å². The van der Waals surface area contributed by atoms with Gasteiger partial charge in [-0.05, 0) is 12.1 Å². The number of nitrogens with zero attached hydrogens (tertiary/aromatic N) is 3. The van der Waals surface area contributed by atoms with E-state index >= 15 is 0 Å². The monoisotopic (exact) mass is 271 g/mol. The van der Waals surface area contributed by atoms with E-state index in [1.54, 1.807) is 19.3 Å². The van der Waals surface area contributed by atoms with Crippen molar-refractivity contribution in [1.82, 2.24) is 20.2 Å². The van der Waals surface area contributed by atoms with E-state index < -0.39 is 17.8 Å². The highest BCUT2D eigenvalue weighted by Gasteiger charge is 2.35. The van der Waals surface area contributed by atoms with E-state index in [1.807, 2.05) is 0 Å². The number of aromatic nitrogens is 3. The lowest BCUT2D eigenvalue weighted by Gasteiger charge is -2.18. The molecule has 1 unspecified atom stereocenters. The summed E-state index contributed by atoms with van der Waals surface area (Å²) in [7, 11) is 1.67. The van der Waals surface area contributed by atoms with Crippen LogP contribution < -0.4 is 11.3 Å². The fourth-order valence-electron chi connectivity index (χ4n) is 1.82. The van der Waals surface area contributed by atoms with Gasteiger partial charge < -0.3 is 0 Å². The maximum absolute atomic E-state index is 12.9. The number of hydrogen-bond acceptors (Lipinski definition) is 4. The van der Waals surface area contributed by atoms with Gasteiger partial charge in [-0.1, -0.05) is 0 Å². The van der Waals surface area contributed by atoms with E-state index in [0.29, 0.717) is 5.69 Å². The number of pyridine rings is 1. The molecule has 0 radical (unpaired) electrons. The first kappa shape index (κ1) is 13.5. The summed E-state index contributed by atoms with van der Waals surface area (Å²) < 4.78 is 40.3. The van der Waals surface area contributed by atoms with Crippen LogP contribution in [0.25, 0.3) is 0 Å². The van der Waals surface area contributed by atoms with Gasteiger partial charge in [-0.3, -0.25) is 15.5 Å². The molecule has 0 fully saturated rings. The van der Waals surface area contributed by atoms with Gasteiger partial charge in [0.05, 0.1) is 17.3 Å². The third-order valence-electron chi connectivity index (χ3n) is 2.66. The molecule has 0 saturated heterocycles. The van der Waals surface area contributed by atoms with Crippen molar-refractivity contribution in [3.63, 3.8) is 0 Å². The molecule has 0 bridgehead atoms. The van der Waals surface area contributed by atoms with Crippen molar-refractivity contribution in [1.29, 1.82) is 0 Å². The largest absolute Gasteiger partial charge is 0.416 e. The molecule has 2 aromatic rings. The molecule has 2 aromatic heterocycles. The van der Waals surface area contributed by atoms with Crippen LogP contribution in [0.5, 0.6) is 0 Å². The second-order valence-corrected chi connectivity index (χ2v) is 3.97. The summed E-state index contributed by atoms with van der Waals surface area (Å²) in [5, 5.41) is 4.06. The van der Waals surface area contributed by atoms with Crippen molar-refractivity contribution in [2.24, 2.45) is 12.9 Å². The highest BCUT2D eigenvalue weighted by atomic mass is 19.4. The average Bonchev–Trinajstić information content (AvgIpc) is 2.76. The van der Waals surface area contributed by atoms with Gasteiger partial charge in [-0.25, -0.2) is 5.43 Å². The Bertz CT molecular complexity index is 563. The molecule has 2 heterocycles. The van der Waals surface area contributed by atoms with Crippen LogP contribution in [0.1, 0.15) is 22.9 Å². The van der Waals surface area contributed by atoms with E-state index in [0.717, 1.165) is 18.5 Å². The summed E-state index contributed by atoms with van der Waals surface area (Å²) in [6.45, 7) is 0. The number of nitrogens with two attached hydrogens (primary N) is 1. The van der Waals surface area contributed by atoms with Crippen LogP contribution >= 0.6 is 0 Å². The van der Waals surface area contributed by atoms with Gasteiger partial charge in [0.1, 0.15) is 0 Å². The van der Waals surface area contributed by atoms with Gasteiger partial charge in [0.2, 0.25) is 0 Å². The van der Waals surface area contributed by atoms with Crippen LogP contribution in [0.2, 0.25) is 0 Å². The van der Waals surface area contributed by atoms with E-state index in [-0.39, 0.29) is 5.56 Å². The molecule has 0 aliphatic rings. The molecule has 0 aromatic carbocycles. The van der Waals surface area contributed by atoms with Crippen LogP contribution in [0.4, 0.5) is 13.2 Å². The molecule has 0 saturated carbocycles. The van der Waals surface area contributed by atoms with E-state index in [4.69, 9.17) is 5.84 Å². The number of aryl methyl sites for hydroxylation is 1.